The van der Waals surface area contributed by atoms with Gasteiger partial charge in [0.25, 0.3) is 0 Å². The van der Waals surface area contributed by atoms with Crippen LogP contribution in [0.4, 0.5) is 27.6 Å². The molecule has 0 saturated heterocycles. The molecule has 0 spiro atoms. The summed E-state index contributed by atoms with van der Waals surface area (Å²) in [6.07, 6.45) is -1.80. The van der Waals surface area contributed by atoms with Gasteiger partial charge in [0.15, 0.2) is 5.82 Å². The summed E-state index contributed by atoms with van der Waals surface area (Å²) in [4.78, 5) is 24.7. The van der Waals surface area contributed by atoms with Gasteiger partial charge in [-0.3, -0.25) is 4.79 Å². The number of halogens is 5. The van der Waals surface area contributed by atoms with Gasteiger partial charge >= 0.3 is 6.18 Å². The van der Waals surface area contributed by atoms with Gasteiger partial charge in [-0.2, -0.15) is 13.2 Å². The smallest absolute Gasteiger partial charge is 0.345 e. The third kappa shape index (κ3) is 4.47. The highest BCUT2D eigenvalue weighted by atomic mass is 32.2. The molecule has 2 N–H and O–H groups in total. The van der Waals surface area contributed by atoms with Gasteiger partial charge in [-0.1, -0.05) is 13.8 Å². The zero-order valence-corrected chi connectivity index (χ0v) is 18.6. The number of anilines is 1. The highest BCUT2D eigenvalue weighted by molar-refractivity contribution is 8.00. The van der Waals surface area contributed by atoms with Crippen LogP contribution in [0.5, 0.6) is 0 Å². The molecule has 0 aliphatic carbocycles. The van der Waals surface area contributed by atoms with Crippen LogP contribution in [-0.2, 0) is 6.18 Å². The lowest BCUT2D eigenvalue weighted by Crippen LogP contribution is -2.10. The Morgan fingerprint density at radius 3 is 2.41 bits per heavy atom. The fourth-order valence-electron chi connectivity index (χ4n) is 3.40. The predicted molar refractivity (Wildman–Crippen MR) is 119 cm³/mol. The largest absolute Gasteiger partial charge is 0.416 e. The van der Waals surface area contributed by atoms with Gasteiger partial charge in [-0.05, 0) is 54.3 Å². The van der Waals surface area contributed by atoms with Gasteiger partial charge in [-0.25, -0.2) is 18.7 Å². The van der Waals surface area contributed by atoms with E-state index < -0.39 is 34.7 Å². The first kappa shape index (κ1) is 23.7. The number of hydrogen-bond acceptors (Lipinski definition) is 5. The van der Waals surface area contributed by atoms with Gasteiger partial charge in [0.1, 0.15) is 17.8 Å². The standard InChI is InChI=1S/C23H17F5N4OS/c1-11(2)20-17-14(9-29-22(17)31-10-30-20)21(33)18-15(24)7-8-16(19(18)25)32-34-13-5-3-12(4-6-13)23(26,27)28/h3-11,32H,1-2H3,(H,29,30,31). The summed E-state index contributed by atoms with van der Waals surface area (Å²) in [7, 11) is 0. The monoisotopic (exact) mass is 492 g/mol. The van der Waals surface area contributed by atoms with Crippen molar-refractivity contribution in [2.75, 3.05) is 4.72 Å². The molecule has 0 radical (unpaired) electrons. The van der Waals surface area contributed by atoms with E-state index in [9.17, 15) is 22.4 Å². The molecule has 0 fully saturated rings. The number of benzene rings is 2. The molecule has 0 atom stereocenters. The summed E-state index contributed by atoms with van der Waals surface area (Å²) >= 11 is 0.822. The van der Waals surface area contributed by atoms with Crippen molar-refractivity contribution in [1.29, 1.82) is 0 Å². The zero-order valence-electron chi connectivity index (χ0n) is 17.8. The Morgan fingerprint density at radius 1 is 1.06 bits per heavy atom. The lowest BCUT2D eigenvalue weighted by molar-refractivity contribution is -0.137. The van der Waals surface area contributed by atoms with Gasteiger partial charge in [0.2, 0.25) is 5.78 Å². The van der Waals surface area contributed by atoms with E-state index in [1.54, 1.807) is 0 Å². The topological polar surface area (TPSA) is 70.7 Å². The van der Waals surface area contributed by atoms with Crippen LogP contribution in [0.25, 0.3) is 11.0 Å². The number of nitrogens with zero attached hydrogens (tertiary/aromatic N) is 2. The Morgan fingerprint density at radius 2 is 1.76 bits per heavy atom. The summed E-state index contributed by atoms with van der Waals surface area (Å²) in [5, 5.41) is 0.388. The number of carbonyl (C=O) groups is 1. The van der Waals surface area contributed by atoms with Gasteiger partial charge in [-0.15, -0.1) is 0 Å². The highest BCUT2D eigenvalue weighted by Crippen LogP contribution is 2.33. The summed E-state index contributed by atoms with van der Waals surface area (Å²) in [6, 6.07) is 6.27. The molecule has 0 bridgehead atoms. The molecule has 0 aliphatic heterocycles. The fourth-order valence-corrected chi connectivity index (χ4v) is 4.06. The fraction of sp³-hybridized carbons (Fsp3) is 0.174. The summed E-state index contributed by atoms with van der Waals surface area (Å²) in [5.41, 5.74) is -0.823. The van der Waals surface area contributed by atoms with Crippen molar-refractivity contribution < 1.29 is 26.7 Å². The number of aromatic nitrogens is 3. The number of alkyl halides is 3. The second-order valence-electron chi connectivity index (χ2n) is 7.68. The number of carbonyl (C=O) groups excluding carboxylic acids is 1. The molecule has 2 heterocycles. The second-order valence-corrected chi connectivity index (χ2v) is 8.56. The molecular formula is C23H17F5N4OS. The van der Waals surface area contributed by atoms with Crippen molar-refractivity contribution in [3.05, 3.63) is 82.9 Å². The van der Waals surface area contributed by atoms with E-state index in [2.05, 4.69) is 19.7 Å². The van der Waals surface area contributed by atoms with Crippen LogP contribution in [0.3, 0.4) is 0 Å². The first-order valence-electron chi connectivity index (χ1n) is 10.0. The maximum atomic E-state index is 15.2. The third-order valence-corrected chi connectivity index (χ3v) is 5.90. The number of fused-ring (bicyclic) bond motifs is 1. The number of H-pyrrole nitrogens is 1. The molecule has 11 heteroatoms. The number of ketones is 1. The first-order valence-corrected chi connectivity index (χ1v) is 10.8. The van der Waals surface area contributed by atoms with E-state index in [4.69, 9.17) is 0 Å². The molecule has 4 rings (SSSR count). The third-order valence-electron chi connectivity index (χ3n) is 5.07. The van der Waals surface area contributed by atoms with Crippen molar-refractivity contribution >= 4 is 34.5 Å². The molecule has 5 nitrogen and oxygen atoms in total. The maximum Gasteiger partial charge on any atom is 0.416 e. The van der Waals surface area contributed by atoms with E-state index in [0.717, 1.165) is 36.2 Å². The molecule has 2 aromatic carbocycles. The summed E-state index contributed by atoms with van der Waals surface area (Å²) in [5.74, 6) is -3.14. The number of nitrogens with one attached hydrogen (secondary N) is 2. The summed E-state index contributed by atoms with van der Waals surface area (Å²) < 4.78 is 70.6. The Bertz CT molecular complexity index is 1370. The van der Waals surface area contributed by atoms with E-state index in [1.165, 1.54) is 24.7 Å². The number of hydrogen-bond donors (Lipinski definition) is 2. The van der Waals surface area contributed by atoms with Crippen molar-refractivity contribution in [2.24, 2.45) is 0 Å². The van der Waals surface area contributed by atoms with Gasteiger partial charge in [0, 0.05) is 11.1 Å². The number of aromatic amines is 1. The molecule has 0 saturated carbocycles. The minimum absolute atomic E-state index is 0.0321. The molecule has 176 valence electrons. The van der Waals surface area contributed by atoms with Crippen LogP contribution in [0.1, 0.15) is 46.9 Å². The van der Waals surface area contributed by atoms with E-state index >= 15 is 4.39 Å². The lowest BCUT2D eigenvalue weighted by Gasteiger charge is -2.12. The van der Waals surface area contributed by atoms with Crippen LogP contribution in [0.15, 0.2) is 53.8 Å². The Labute approximate surface area is 194 Å². The van der Waals surface area contributed by atoms with Gasteiger partial charge < -0.3 is 9.71 Å². The minimum atomic E-state index is -4.47. The van der Waals surface area contributed by atoms with Crippen LogP contribution < -0.4 is 4.72 Å². The van der Waals surface area contributed by atoms with E-state index in [-0.39, 0.29) is 17.2 Å². The Balaban J connectivity index is 1.65. The normalized spacial score (nSPS) is 11.9. The lowest BCUT2D eigenvalue weighted by atomic mass is 9.98. The van der Waals surface area contributed by atoms with Crippen molar-refractivity contribution in [3.8, 4) is 0 Å². The van der Waals surface area contributed by atoms with Crippen LogP contribution in [0, 0.1) is 11.6 Å². The van der Waals surface area contributed by atoms with E-state index in [1.807, 2.05) is 13.8 Å². The maximum absolute atomic E-state index is 15.2. The average Bonchev–Trinajstić information content (AvgIpc) is 3.22. The predicted octanol–water partition coefficient (Wildman–Crippen LogP) is 6.73. The molecule has 0 aliphatic rings. The van der Waals surface area contributed by atoms with E-state index in [0.29, 0.717) is 21.6 Å². The van der Waals surface area contributed by atoms with Crippen molar-refractivity contribution in [3.63, 3.8) is 0 Å². The molecule has 0 unspecified atom stereocenters. The van der Waals surface area contributed by atoms with Crippen molar-refractivity contribution in [1.82, 2.24) is 15.0 Å². The zero-order chi connectivity index (χ0) is 24.6. The minimum Gasteiger partial charge on any atom is -0.345 e. The van der Waals surface area contributed by atoms with Crippen molar-refractivity contribution in [2.45, 2.75) is 30.8 Å². The van der Waals surface area contributed by atoms with Crippen LogP contribution in [0.2, 0.25) is 0 Å². The SMILES string of the molecule is CC(C)c1ncnc2[nH]cc(C(=O)c3c(F)ccc(NSc4ccc(C(F)(F)F)cc4)c3F)c12. The first-order chi connectivity index (χ1) is 16.1. The summed E-state index contributed by atoms with van der Waals surface area (Å²) in [6.45, 7) is 3.74. The molecule has 2 aromatic heterocycles. The average molecular weight is 492 g/mol. The highest BCUT2D eigenvalue weighted by Gasteiger charge is 2.30. The Hall–Kier alpha value is -3.47. The quantitative estimate of drug-likeness (QED) is 0.177. The van der Waals surface area contributed by atoms with Gasteiger partial charge in [0.05, 0.1) is 33.5 Å². The Kier molecular flexibility index (Phi) is 6.30. The van der Waals surface area contributed by atoms with Crippen LogP contribution >= 0.6 is 11.9 Å². The molecule has 0 amide bonds. The number of rotatable bonds is 6. The second kappa shape index (κ2) is 9.05. The molecular weight excluding hydrogens is 475 g/mol. The molecule has 4 aromatic rings. The van der Waals surface area contributed by atoms with Crippen LogP contribution in [-0.4, -0.2) is 20.7 Å². The molecule has 34 heavy (non-hydrogen) atoms.